The fourth-order valence-electron chi connectivity index (χ4n) is 2.24. The van der Waals surface area contributed by atoms with Gasteiger partial charge in [-0.3, -0.25) is 4.79 Å². The number of anilines is 2. The number of carbonyl (C=O) groups excluding carboxylic acids is 1. The predicted octanol–water partition coefficient (Wildman–Crippen LogP) is 3.55. The SMILES string of the molecule is CCN(C(=O)c1cc(C)ccc1N)c1cccc(C)c1. The molecule has 0 bridgehead atoms. The average Bonchev–Trinajstić information content (AvgIpc) is 2.42. The molecule has 3 heteroatoms. The maximum Gasteiger partial charge on any atom is 0.260 e. The van der Waals surface area contributed by atoms with E-state index in [0.717, 1.165) is 16.8 Å². The number of nitrogens with zero attached hydrogens (tertiary/aromatic N) is 1. The fraction of sp³-hybridized carbons (Fsp3) is 0.235. The Morgan fingerprint density at radius 3 is 2.45 bits per heavy atom. The highest BCUT2D eigenvalue weighted by molar-refractivity contribution is 6.09. The first-order chi connectivity index (χ1) is 9.52. The molecule has 0 aliphatic carbocycles. The van der Waals surface area contributed by atoms with E-state index in [0.29, 0.717) is 17.8 Å². The van der Waals surface area contributed by atoms with Gasteiger partial charge in [0.15, 0.2) is 0 Å². The van der Waals surface area contributed by atoms with Crippen LogP contribution in [0.5, 0.6) is 0 Å². The Labute approximate surface area is 120 Å². The summed E-state index contributed by atoms with van der Waals surface area (Å²) in [5.74, 6) is -0.0562. The van der Waals surface area contributed by atoms with E-state index in [9.17, 15) is 4.79 Å². The lowest BCUT2D eigenvalue weighted by molar-refractivity contribution is 0.0989. The van der Waals surface area contributed by atoms with Crippen LogP contribution >= 0.6 is 0 Å². The maximum absolute atomic E-state index is 12.7. The Kier molecular flexibility index (Phi) is 4.08. The fourth-order valence-corrected chi connectivity index (χ4v) is 2.24. The minimum Gasteiger partial charge on any atom is -0.398 e. The molecule has 2 aromatic carbocycles. The predicted molar refractivity (Wildman–Crippen MR) is 84.1 cm³/mol. The van der Waals surface area contributed by atoms with Crippen LogP contribution in [0.1, 0.15) is 28.4 Å². The summed E-state index contributed by atoms with van der Waals surface area (Å²) in [7, 11) is 0. The molecule has 0 spiro atoms. The monoisotopic (exact) mass is 268 g/mol. The first kappa shape index (κ1) is 14.1. The first-order valence-electron chi connectivity index (χ1n) is 6.77. The van der Waals surface area contributed by atoms with Crippen LogP contribution in [-0.4, -0.2) is 12.5 Å². The maximum atomic E-state index is 12.7. The third kappa shape index (κ3) is 2.82. The van der Waals surface area contributed by atoms with E-state index in [1.54, 1.807) is 11.0 Å². The number of carbonyl (C=O) groups is 1. The van der Waals surface area contributed by atoms with Gasteiger partial charge in [0.1, 0.15) is 0 Å². The first-order valence-corrected chi connectivity index (χ1v) is 6.77. The molecule has 0 heterocycles. The van der Waals surface area contributed by atoms with E-state index in [1.807, 2.05) is 57.2 Å². The Morgan fingerprint density at radius 2 is 1.80 bits per heavy atom. The standard InChI is InChI=1S/C17H20N2O/c1-4-19(14-7-5-6-12(2)10-14)17(20)15-11-13(3)8-9-16(15)18/h5-11H,4,18H2,1-3H3. The Morgan fingerprint density at radius 1 is 1.10 bits per heavy atom. The Hall–Kier alpha value is -2.29. The lowest BCUT2D eigenvalue weighted by Crippen LogP contribution is -2.31. The van der Waals surface area contributed by atoms with Crippen molar-refractivity contribution in [1.29, 1.82) is 0 Å². The highest BCUT2D eigenvalue weighted by Gasteiger charge is 2.18. The van der Waals surface area contributed by atoms with Crippen LogP contribution in [0.15, 0.2) is 42.5 Å². The molecule has 2 aromatic rings. The van der Waals surface area contributed by atoms with Crippen LogP contribution in [0.25, 0.3) is 0 Å². The van der Waals surface area contributed by atoms with E-state index in [1.165, 1.54) is 0 Å². The van der Waals surface area contributed by atoms with Gasteiger partial charge in [0.2, 0.25) is 0 Å². The van der Waals surface area contributed by atoms with Gasteiger partial charge in [-0.1, -0.05) is 23.8 Å². The summed E-state index contributed by atoms with van der Waals surface area (Å²) in [6.07, 6.45) is 0. The van der Waals surface area contributed by atoms with Crippen molar-refractivity contribution in [2.45, 2.75) is 20.8 Å². The molecular weight excluding hydrogens is 248 g/mol. The zero-order valence-corrected chi connectivity index (χ0v) is 12.2. The van der Waals surface area contributed by atoms with Gasteiger partial charge < -0.3 is 10.6 Å². The van der Waals surface area contributed by atoms with Gasteiger partial charge in [0.05, 0.1) is 5.56 Å². The average molecular weight is 268 g/mol. The minimum absolute atomic E-state index is 0.0562. The second-order valence-electron chi connectivity index (χ2n) is 4.98. The van der Waals surface area contributed by atoms with Crippen LogP contribution in [0.3, 0.4) is 0 Å². The Balaban J connectivity index is 2.41. The quantitative estimate of drug-likeness (QED) is 0.865. The van der Waals surface area contributed by atoms with Crippen LogP contribution in [0, 0.1) is 13.8 Å². The summed E-state index contributed by atoms with van der Waals surface area (Å²) >= 11 is 0. The zero-order valence-electron chi connectivity index (χ0n) is 12.2. The summed E-state index contributed by atoms with van der Waals surface area (Å²) in [6, 6.07) is 13.5. The molecule has 1 amide bonds. The molecule has 0 aliphatic heterocycles. The summed E-state index contributed by atoms with van der Waals surface area (Å²) < 4.78 is 0. The third-order valence-corrected chi connectivity index (χ3v) is 3.31. The molecule has 20 heavy (non-hydrogen) atoms. The molecule has 0 aliphatic rings. The van der Waals surface area contributed by atoms with E-state index in [4.69, 9.17) is 5.73 Å². The molecule has 0 radical (unpaired) electrons. The van der Waals surface area contributed by atoms with Crippen molar-refractivity contribution in [3.8, 4) is 0 Å². The molecule has 0 saturated carbocycles. The number of nitrogens with two attached hydrogens (primary N) is 1. The molecule has 2 rings (SSSR count). The third-order valence-electron chi connectivity index (χ3n) is 3.31. The molecule has 0 atom stereocenters. The van der Waals surface area contributed by atoms with Crippen molar-refractivity contribution in [2.24, 2.45) is 0 Å². The molecule has 0 unspecified atom stereocenters. The highest BCUT2D eigenvalue weighted by atomic mass is 16.2. The smallest absolute Gasteiger partial charge is 0.260 e. The number of hydrogen-bond acceptors (Lipinski definition) is 2. The van der Waals surface area contributed by atoms with Crippen LogP contribution in [0.2, 0.25) is 0 Å². The number of nitrogen functional groups attached to an aromatic ring is 1. The molecule has 3 nitrogen and oxygen atoms in total. The highest BCUT2D eigenvalue weighted by Crippen LogP contribution is 2.22. The Bertz CT molecular complexity index is 635. The largest absolute Gasteiger partial charge is 0.398 e. The van der Waals surface area contributed by atoms with Gasteiger partial charge in [-0.25, -0.2) is 0 Å². The molecule has 104 valence electrons. The number of amides is 1. The topological polar surface area (TPSA) is 46.3 Å². The number of benzene rings is 2. The van der Waals surface area contributed by atoms with Crippen molar-refractivity contribution < 1.29 is 4.79 Å². The lowest BCUT2D eigenvalue weighted by atomic mass is 10.1. The zero-order chi connectivity index (χ0) is 14.7. The summed E-state index contributed by atoms with van der Waals surface area (Å²) in [5.41, 5.74) is 10.1. The summed E-state index contributed by atoms with van der Waals surface area (Å²) in [4.78, 5) is 14.5. The van der Waals surface area contributed by atoms with Crippen molar-refractivity contribution >= 4 is 17.3 Å². The van der Waals surface area contributed by atoms with E-state index < -0.39 is 0 Å². The van der Waals surface area contributed by atoms with Crippen LogP contribution in [-0.2, 0) is 0 Å². The van der Waals surface area contributed by atoms with E-state index >= 15 is 0 Å². The van der Waals surface area contributed by atoms with Crippen LogP contribution < -0.4 is 10.6 Å². The molecule has 2 N–H and O–H groups in total. The van der Waals surface area contributed by atoms with Gasteiger partial charge >= 0.3 is 0 Å². The van der Waals surface area contributed by atoms with Gasteiger partial charge in [0, 0.05) is 17.9 Å². The molecular formula is C17H20N2O. The van der Waals surface area contributed by atoms with E-state index in [-0.39, 0.29) is 5.91 Å². The number of rotatable bonds is 3. The van der Waals surface area contributed by atoms with Crippen molar-refractivity contribution in [3.63, 3.8) is 0 Å². The van der Waals surface area contributed by atoms with Gasteiger partial charge in [0.25, 0.3) is 5.91 Å². The minimum atomic E-state index is -0.0562. The number of aryl methyl sites for hydroxylation is 2. The van der Waals surface area contributed by atoms with Gasteiger partial charge in [-0.2, -0.15) is 0 Å². The molecule has 0 aromatic heterocycles. The van der Waals surface area contributed by atoms with Gasteiger partial charge in [-0.05, 0) is 50.6 Å². The summed E-state index contributed by atoms with van der Waals surface area (Å²) in [5, 5.41) is 0. The summed E-state index contributed by atoms with van der Waals surface area (Å²) in [6.45, 7) is 6.55. The molecule has 0 saturated heterocycles. The van der Waals surface area contributed by atoms with Gasteiger partial charge in [-0.15, -0.1) is 0 Å². The lowest BCUT2D eigenvalue weighted by Gasteiger charge is -2.22. The van der Waals surface area contributed by atoms with Crippen LogP contribution in [0.4, 0.5) is 11.4 Å². The number of hydrogen-bond donors (Lipinski definition) is 1. The second-order valence-corrected chi connectivity index (χ2v) is 4.98. The van der Waals surface area contributed by atoms with Crippen molar-refractivity contribution in [3.05, 3.63) is 59.2 Å². The van der Waals surface area contributed by atoms with Crippen molar-refractivity contribution in [2.75, 3.05) is 17.2 Å². The molecule has 0 fully saturated rings. The second kappa shape index (κ2) is 5.78. The van der Waals surface area contributed by atoms with E-state index in [2.05, 4.69) is 0 Å². The van der Waals surface area contributed by atoms with Crippen molar-refractivity contribution in [1.82, 2.24) is 0 Å². The normalized spacial score (nSPS) is 10.3.